The molecule has 0 spiro atoms. The van der Waals surface area contributed by atoms with E-state index in [0.29, 0.717) is 12.3 Å². The van der Waals surface area contributed by atoms with Crippen LogP contribution < -0.4 is 10.6 Å². The Morgan fingerprint density at radius 2 is 1.71 bits per heavy atom. The van der Waals surface area contributed by atoms with Gasteiger partial charge in [-0.1, -0.05) is 69.2 Å². The van der Waals surface area contributed by atoms with Crippen LogP contribution >= 0.6 is 0 Å². The topological polar surface area (TPSA) is 58.2 Å². The summed E-state index contributed by atoms with van der Waals surface area (Å²) in [7, 11) is 0. The van der Waals surface area contributed by atoms with E-state index in [4.69, 9.17) is 0 Å². The number of anilines is 1. The Bertz CT molecular complexity index is 880. The number of carbonyl (C=O) groups is 2. The molecule has 1 fully saturated rings. The summed E-state index contributed by atoms with van der Waals surface area (Å²) in [6, 6.07) is 14.2. The molecule has 1 heterocycles. The Labute approximate surface area is 166 Å². The molecule has 2 aromatic rings. The molecule has 2 aliphatic rings. The molecule has 2 aromatic carbocycles. The highest BCUT2D eigenvalue weighted by Gasteiger charge is 2.29. The van der Waals surface area contributed by atoms with Crippen molar-refractivity contribution in [3.8, 4) is 0 Å². The number of rotatable bonds is 5. The van der Waals surface area contributed by atoms with Crippen LogP contribution in [-0.4, -0.2) is 11.8 Å². The number of fused-ring (bicyclic) bond motifs is 1. The quantitative estimate of drug-likeness (QED) is 0.795. The predicted molar refractivity (Wildman–Crippen MR) is 111 cm³/mol. The number of hydrogen-bond donors (Lipinski definition) is 2. The maximum atomic E-state index is 12.9. The van der Waals surface area contributed by atoms with E-state index in [2.05, 4.69) is 48.7 Å². The van der Waals surface area contributed by atoms with Gasteiger partial charge in [0, 0.05) is 11.5 Å². The molecule has 0 bridgehead atoms. The maximum absolute atomic E-state index is 12.9. The van der Waals surface area contributed by atoms with Crippen molar-refractivity contribution in [1.82, 2.24) is 5.32 Å². The monoisotopic (exact) mass is 376 g/mol. The van der Waals surface area contributed by atoms with E-state index in [1.54, 1.807) is 0 Å². The van der Waals surface area contributed by atoms with Crippen molar-refractivity contribution in [1.29, 1.82) is 0 Å². The lowest BCUT2D eigenvalue weighted by Crippen LogP contribution is -2.34. The van der Waals surface area contributed by atoms with Crippen LogP contribution in [0.3, 0.4) is 0 Å². The summed E-state index contributed by atoms with van der Waals surface area (Å²) in [5.74, 6) is 0.695. The van der Waals surface area contributed by atoms with Gasteiger partial charge in [-0.2, -0.15) is 0 Å². The summed E-state index contributed by atoms with van der Waals surface area (Å²) < 4.78 is 0. The highest BCUT2D eigenvalue weighted by Crippen LogP contribution is 2.36. The van der Waals surface area contributed by atoms with Gasteiger partial charge in [-0.05, 0) is 35.4 Å². The van der Waals surface area contributed by atoms with Gasteiger partial charge in [-0.3, -0.25) is 9.59 Å². The Kier molecular flexibility index (Phi) is 5.21. The van der Waals surface area contributed by atoms with Gasteiger partial charge >= 0.3 is 0 Å². The fourth-order valence-corrected chi connectivity index (χ4v) is 4.38. The Balaban J connectivity index is 1.71. The third-order valence-electron chi connectivity index (χ3n) is 6.06. The van der Waals surface area contributed by atoms with E-state index in [1.165, 1.54) is 5.56 Å². The molecule has 2 amide bonds. The van der Waals surface area contributed by atoms with Crippen LogP contribution in [0.2, 0.25) is 0 Å². The van der Waals surface area contributed by atoms with Crippen LogP contribution in [0.25, 0.3) is 0 Å². The van der Waals surface area contributed by atoms with Crippen molar-refractivity contribution >= 4 is 17.5 Å². The van der Waals surface area contributed by atoms with Crippen molar-refractivity contribution in [2.24, 2.45) is 5.92 Å². The van der Waals surface area contributed by atoms with Crippen molar-refractivity contribution in [2.45, 2.75) is 57.9 Å². The molecular weight excluding hydrogens is 348 g/mol. The summed E-state index contributed by atoms with van der Waals surface area (Å²) in [6.07, 6.45) is 4.59. The summed E-state index contributed by atoms with van der Waals surface area (Å²) in [5, 5.41) is 6.29. The SMILES string of the molecule is CC(C)c1ccc(C(NC(=O)C2CCCC2)c2cccc3c2NC(=O)C3)cc1. The van der Waals surface area contributed by atoms with Gasteiger partial charge in [0.2, 0.25) is 11.8 Å². The van der Waals surface area contributed by atoms with Gasteiger partial charge in [0.05, 0.1) is 18.2 Å². The second kappa shape index (κ2) is 7.78. The van der Waals surface area contributed by atoms with Gasteiger partial charge in [0.15, 0.2) is 0 Å². The van der Waals surface area contributed by atoms with Crippen LogP contribution in [0.15, 0.2) is 42.5 Å². The number of benzene rings is 2. The second-order valence-electron chi connectivity index (χ2n) is 8.35. The summed E-state index contributed by atoms with van der Waals surface area (Å²) in [4.78, 5) is 24.9. The molecule has 0 saturated heterocycles. The first-order chi connectivity index (χ1) is 13.5. The number of amides is 2. The first-order valence-electron chi connectivity index (χ1n) is 10.3. The standard InChI is InChI=1S/C24H28N2O2/c1-15(2)16-10-12-17(13-11-16)22(26-24(28)18-6-3-4-7-18)20-9-5-8-19-14-21(27)25-23(19)20/h5,8-13,15,18,22H,3-4,6-7,14H2,1-2H3,(H,25,27)(H,26,28). The van der Waals surface area contributed by atoms with Gasteiger partial charge in [0.1, 0.15) is 0 Å². The van der Waals surface area contributed by atoms with Crippen molar-refractivity contribution < 1.29 is 9.59 Å². The molecule has 1 atom stereocenters. The second-order valence-corrected chi connectivity index (χ2v) is 8.35. The van der Waals surface area contributed by atoms with Crippen molar-refractivity contribution in [3.63, 3.8) is 0 Å². The third kappa shape index (κ3) is 3.68. The molecule has 0 aromatic heterocycles. The molecule has 0 radical (unpaired) electrons. The maximum Gasteiger partial charge on any atom is 0.228 e. The molecule has 1 aliphatic heterocycles. The average Bonchev–Trinajstić information content (AvgIpc) is 3.34. The van der Waals surface area contributed by atoms with Gasteiger partial charge < -0.3 is 10.6 Å². The zero-order chi connectivity index (χ0) is 19.7. The number of para-hydroxylation sites is 1. The Morgan fingerprint density at radius 1 is 1.04 bits per heavy atom. The molecule has 1 unspecified atom stereocenters. The minimum atomic E-state index is -0.261. The minimum Gasteiger partial charge on any atom is -0.345 e. The van der Waals surface area contributed by atoms with Crippen molar-refractivity contribution in [3.05, 3.63) is 64.7 Å². The van der Waals surface area contributed by atoms with E-state index in [0.717, 1.165) is 48.1 Å². The molecule has 1 saturated carbocycles. The molecule has 2 N–H and O–H groups in total. The zero-order valence-electron chi connectivity index (χ0n) is 16.6. The van der Waals surface area contributed by atoms with E-state index >= 15 is 0 Å². The molecule has 4 rings (SSSR count). The summed E-state index contributed by atoms with van der Waals surface area (Å²) in [6.45, 7) is 4.35. The van der Waals surface area contributed by atoms with E-state index in [1.807, 2.05) is 18.2 Å². The van der Waals surface area contributed by atoms with E-state index in [-0.39, 0.29) is 23.8 Å². The smallest absolute Gasteiger partial charge is 0.228 e. The number of hydrogen-bond acceptors (Lipinski definition) is 2. The fraction of sp³-hybridized carbons (Fsp3) is 0.417. The molecular formula is C24H28N2O2. The zero-order valence-corrected chi connectivity index (χ0v) is 16.6. The van der Waals surface area contributed by atoms with Crippen molar-refractivity contribution in [2.75, 3.05) is 5.32 Å². The van der Waals surface area contributed by atoms with Crippen LogP contribution in [0.1, 0.15) is 73.7 Å². The highest BCUT2D eigenvalue weighted by molar-refractivity contribution is 6.00. The normalized spacial score (nSPS) is 17.5. The minimum absolute atomic E-state index is 0.0125. The number of carbonyl (C=O) groups excluding carboxylic acids is 2. The fourth-order valence-electron chi connectivity index (χ4n) is 4.38. The molecule has 1 aliphatic carbocycles. The highest BCUT2D eigenvalue weighted by atomic mass is 16.2. The molecule has 4 nitrogen and oxygen atoms in total. The Morgan fingerprint density at radius 3 is 2.39 bits per heavy atom. The van der Waals surface area contributed by atoms with E-state index < -0.39 is 0 Å². The lowest BCUT2D eigenvalue weighted by atomic mass is 9.92. The van der Waals surface area contributed by atoms with E-state index in [9.17, 15) is 9.59 Å². The Hall–Kier alpha value is -2.62. The average molecular weight is 377 g/mol. The largest absolute Gasteiger partial charge is 0.345 e. The third-order valence-corrected chi connectivity index (χ3v) is 6.06. The molecule has 28 heavy (non-hydrogen) atoms. The van der Waals surface area contributed by atoms with Gasteiger partial charge in [0.25, 0.3) is 0 Å². The first kappa shape index (κ1) is 18.7. The summed E-state index contributed by atoms with van der Waals surface area (Å²) >= 11 is 0. The summed E-state index contributed by atoms with van der Waals surface area (Å²) in [5.41, 5.74) is 5.15. The molecule has 4 heteroatoms. The first-order valence-corrected chi connectivity index (χ1v) is 10.3. The lowest BCUT2D eigenvalue weighted by Gasteiger charge is -2.24. The van der Waals surface area contributed by atoms with Crippen LogP contribution in [-0.2, 0) is 16.0 Å². The van der Waals surface area contributed by atoms with Gasteiger partial charge in [-0.25, -0.2) is 0 Å². The lowest BCUT2D eigenvalue weighted by molar-refractivity contribution is -0.125. The van der Waals surface area contributed by atoms with Crippen LogP contribution in [0.4, 0.5) is 5.69 Å². The predicted octanol–water partition coefficient (Wildman–Crippen LogP) is 4.70. The van der Waals surface area contributed by atoms with Gasteiger partial charge in [-0.15, -0.1) is 0 Å². The van der Waals surface area contributed by atoms with Crippen LogP contribution in [0, 0.1) is 5.92 Å². The number of nitrogens with one attached hydrogen (secondary N) is 2. The van der Waals surface area contributed by atoms with Crippen LogP contribution in [0.5, 0.6) is 0 Å². The molecule has 146 valence electrons.